The molecule has 0 spiro atoms. The molecule has 0 radical (unpaired) electrons. The maximum Gasteiger partial charge on any atom is 0.338 e. The molecule has 1 saturated heterocycles. The van der Waals surface area contributed by atoms with Crippen LogP contribution in [0.1, 0.15) is 39.9 Å². The summed E-state index contributed by atoms with van der Waals surface area (Å²) < 4.78 is 22.4. The molecule has 0 amide bonds. The van der Waals surface area contributed by atoms with E-state index < -0.39 is 5.60 Å². The van der Waals surface area contributed by atoms with Gasteiger partial charge in [0.15, 0.2) is 0 Å². The third-order valence-electron chi connectivity index (χ3n) is 7.33. The van der Waals surface area contributed by atoms with E-state index in [0.717, 1.165) is 44.3 Å². The fraction of sp³-hybridized carbons (Fsp3) is 0.258. The highest BCUT2D eigenvalue weighted by atomic mass is 16.5. The van der Waals surface area contributed by atoms with Crippen LogP contribution in [0, 0.1) is 0 Å². The van der Waals surface area contributed by atoms with Crippen LogP contribution >= 0.6 is 0 Å². The molecule has 2 heterocycles. The number of aliphatic hydroxyl groups is 1. The van der Waals surface area contributed by atoms with Crippen LogP contribution in [0.4, 0.5) is 0 Å². The van der Waals surface area contributed by atoms with E-state index >= 15 is 0 Å². The summed E-state index contributed by atoms with van der Waals surface area (Å²) in [6.07, 6.45) is 1.18. The molecule has 0 aromatic heterocycles. The van der Waals surface area contributed by atoms with Crippen LogP contribution in [-0.2, 0) is 28.3 Å². The molecule has 0 aliphatic carbocycles. The van der Waals surface area contributed by atoms with Crippen molar-refractivity contribution < 1.29 is 28.8 Å². The fourth-order valence-electron chi connectivity index (χ4n) is 5.29. The van der Waals surface area contributed by atoms with Gasteiger partial charge >= 0.3 is 5.97 Å². The second-order valence-corrected chi connectivity index (χ2v) is 9.60. The highest BCUT2D eigenvalue weighted by molar-refractivity contribution is 6.07. The van der Waals surface area contributed by atoms with Crippen molar-refractivity contribution in [2.45, 2.75) is 31.7 Å². The summed E-state index contributed by atoms with van der Waals surface area (Å²) in [4.78, 5) is 12.5. The lowest BCUT2D eigenvalue weighted by Gasteiger charge is -2.32. The molecule has 6 rings (SSSR count). The van der Waals surface area contributed by atoms with E-state index in [1.807, 2.05) is 72.8 Å². The average Bonchev–Trinajstić information content (AvgIpc) is 3.30. The number of hydrogen-bond acceptors (Lipinski definition) is 6. The first-order chi connectivity index (χ1) is 18.0. The molecule has 6 heteroatoms. The third-order valence-corrected chi connectivity index (χ3v) is 7.33. The van der Waals surface area contributed by atoms with Gasteiger partial charge in [0, 0.05) is 31.6 Å². The highest BCUT2D eigenvalue weighted by Crippen LogP contribution is 2.40. The Morgan fingerprint density at radius 3 is 2.62 bits per heavy atom. The number of rotatable bonds is 6. The predicted octanol–water partition coefficient (Wildman–Crippen LogP) is 5.76. The molecule has 0 atom stereocenters. The zero-order valence-electron chi connectivity index (χ0n) is 20.7. The molecule has 188 valence electrons. The first kappa shape index (κ1) is 23.5. The average molecular weight is 497 g/mol. The van der Waals surface area contributed by atoms with Crippen molar-refractivity contribution >= 4 is 16.7 Å². The maximum atomic E-state index is 12.5. The van der Waals surface area contributed by atoms with Crippen LogP contribution in [0.3, 0.4) is 0 Å². The lowest BCUT2D eigenvalue weighted by atomic mass is 9.86. The molecular formula is C31H28O6. The minimum Gasteiger partial charge on any atom is -0.497 e. The number of cyclic esters (lactones) is 1. The van der Waals surface area contributed by atoms with Crippen molar-refractivity contribution in [2.75, 3.05) is 20.3 Å². The molecule has 2 aliphatic rings. The predicted molar refractivity (Wildman–Crippen MR) is 140 cm³/mol. The van der Waals surface area contributed by atoms with Crippen LogP contribution in [0.2, 0.25) is 0 Å². The van der Waals surface area contributed by atoms with E-state index in [4.69, 9.17) is 18.9 Å². The molecule has 4 aromatic carbocycles. The van der Waals surface area contributed by atoms with Gasteiger partial charge in [-0.1, -0.05) is 36.4 Å². The second-order valence-electron chi connectivity index (χ2n) is 9.60. The Morgan fingerprint density at radius 2 is 1.78 bits per heavy atom. The smallest absolute Gasteiger partial charge is 0.338 e. The molecular weight excluding hydrogens is 468 g/mol. The van der Waals surface area contributed by atoms with E-state index in [-0.39, 0.29) is 12.6 Å². The van der Waals surface area contributed by atoms with Crippen molar-refractivity contribution in [3.63, 3.8) is 0 Å². The topological polar surface area (TPSA) is 74.2 Å². The number of benzene rings is 4. The Kier molecular flexibility index (Phi) is 6.07. The number of fused-ring (bicyclic) bond motifs is 2. The number of ether oxygens (including phenoxy) is 4. The van der Waals surface area contributed by atoms with Crippen LogP contribution in [0.5, 0.6) is 11.5 Å². The molecule has 1 fully saturated rings. The second kappa shape index (κ2) is 9.54. The lowest BCUT2D eigenvalue weighted by molar-refractivity contribution is -0.0679. The van der Waals surface area contributed by atoms with E-state index in [1.54, 1.807) is 7.11 Å². The lowest BCUT2D eigenvalue weighted by Crippen LogP contribution is -2.33. The summed E-state index contributed by atoms with van der Waals surface area (Å²) in [5, 5.41) is 13.0. The minimum absolute atomic E-state index is 0.254. The van der Waals surface area contributed by atoms with Crippen molar-refractivity contribution in [1.82, 2.24) is 0 Å². The monoisotopic (exact) mass is 496 g/mol. The number of methoxy groups -OCH3 is 1. The van der Waals surface area contributed by atoms with Gasteiger partial charge in [0.25, 0.3) is 0 Å². The van der Waals surface area contributed by atoms with Gasteiger partial charge in [0.05, 0.1) is 18.3 Å². The highest BCUT2D eigenvalue weighted by Gasteiger charge is 2.32. The van der Waals surface area contributed by atoms with Gasteiger partial charge in [-0.2, -0.15) is 0 Å². The minimum atomic E-state index is -0.858. The van der Waals surface area contributed by atoms with Crippen LogP contribution in [0.25, 0.3) is 21.9 Å². The fourth-order valence-corrected chi connectivity index (χ4v) is 5.29. The van der Waals surface area contributed by atoms with Crippen LogP contribution < -0.4 is 9.47 Å². The first-order valence-corrected chi connectivity index (χ1v) is 12.5. The van der Waals surface area contributed by atoms with Crippen molar-refractivity contribution in [3.05, 3.63) is 95.1 Å². The molecule has 2 aliphatic heterocycles. The van der Waals surface area contributed by atoms with E-state index in [9.17, 15) is 9.90 Å². The van der Waals surface area contributed by atoms with Gasteiger partial charge in [0.1, 0.15) is 24.7 Å². The Morgan fingerprint density at radius 1 is 0.946 bits per heavy atom. The van der Waals surface area contributed by atoms with E-state index in [1.165, 1.54) is 0 Å². The molecule has 6 nitrogen and oxygen atoms in total. The Balaban J connectivity index is 1.32. The summed E-state index contributed by atoms with van der Waals surface area (Å²) in [6, 6.07) is 23.6. The summed E-state index contributed by atoms with van der Waals surface area (Å²) in [6.45, 7) is 1.73. The van der Waals surface area contributed by atoms with Crippen molar-refractivity contribution in [3.8, 4) is 22.6 Å². The normalized spacial score (nSPS) is 16.3. The third kappa shape index (κ3) is 4.43. The number of carbonyl (C=O) groups excluding carboxylic acids is 1. The van der Waals surface area contributed by atoms with Gasteiger partial charge in [0.2, 0.25) is 0 Å². The molecule has 0 saturated carbocycles. The van der Waals surface area contributed by atoms with Gasteiger partial charge in [-0.15, -0.1) is 0 Å². The maximum absolute atomic E-state index is 12.5. The summed E-state index contributed by atoms with van der Waals surface area (Å²) in [5.41, 5.74) is 4.43. The van der Waals surface area contributed by atoms with Gasteiger partial charge in [-0.3, -0.25) is 0 Å². The van der Waals surface area contributed by atoms with Crippen molar-refractivity contribution in [2.24, 2.45) is 0 Å². The van der Waals surface area contributed by atoms with Gasteiger partial charge in [-0.25, -0.2) is 4.79 Å². The molecule has 0 bridgehead atoms. The zero-order chi connectivity index (χ0) is 25.4. The van der Waals surface area contributed by atoms with Crippen LogP contribution in [-0.4, -0.2) is 31.4 Å². The van der Waals surface area contributed by atoms with Gasteiger partial charge < -0.3 is 24.1 Å². The molecule has 37 heavy (non-hydrogen) atoms. The molecule has 0 unspecified atom stereocenters. The standard InChI is InChI=1S/C31H28O6/c1-34-24-7-3-5-21(15-24)29-26-9-8-25(16-22(26)17-27-28(29)19-37-30(27)32)36-18-20-4-2-6-23(14-20)31(33)10-12-35-13-11-31/h2-9,14-17,33H,10-13,18-19H2,1H3. The summed E-state index contributed by atoms with van der Waals surface area (Å²) in [5.74, 6) is 1.14. The van der Waals surface area contributed by atoms with Crippen molar-refractivity contribution in [1.29, 1.82) is 0 Å². The molecule has 1 N–H and O–H groups in total. The number of hydrogen-bond donors (Lipinski definition) is 1. The summed E-state index contributed by atoms with van der Waals surface area (Å²) >= 11 is 0. The Bertz CT molecular complexity index is 1480. The Labute approximate surface area is 215 Å². The Hall–Kier alpha value is -3.87. The first-order valence-electron chi connectivity index (χ1n) is 12.5. The number of esters is 1. The van der Waals surface area contributed by atoms with E-state index in [0.29, 0.717) is 44.0 Å². The summed E-state index contributed by atoms with van der Waals surface area (Å²) in [7, 11) is 1.64. The van der Waals surface area contributed by atoms with Gasteiger partial charge in [-0.05, 0) is 69.4 Å². The number of carbonyl (C=O) groups is 1. The largest absolute Gasteiger partial charge is 0.497 e. The quantitative estimate of drug-likeness (QED) is 0.342. The van der Waals surface area contributed by atoms with E-state index in [2.05, 4.69) is 0 Å². The van der Waals surface area contributed by atoms with Crippen LogP contribution in [0.15, 0.2) is 72.8 Å². The molecule has 4 aromatic rings. The SMILES string of the molecule is COc1cccc(-c2c3c(cc4cc(OCc5cccc(C6(O)CCOCC6)c5)ccc24)C(=O)OC3)c1. The zero-order valence-corrected chi connectivity index (χ0v) is 20.7.